The second-order valence-corrected chi connectivity index (χ2v) is 2.54. The molecule has 1 N–H and O–H groups in total. The Morgan fingerprint density at radius 3 is 2.91 bits per heavy atom. The minimum Gasteiger partial charge on any atom is -0.411 e. The van der Waals surface area contributed by atoms with Crippen LogP contribution in [0.1, 0.15) is 6.42 Å². The van der Waals surface area contributed by atoms with Gasteiger partial charge in [-0.1, -0.05) is 11.2 Å². The summed E-state index contributed by atoms with van der Waals surface area (Å²) >= 11 is 0. The van der Waals surface area contributed by atoms with Gasteiger partial charge in [0.25, 0.3) is 0 Å². The van der Waals surface area contributed by atoms with E-state index in [2.05, 4.69) is 23.2 Å². The molecule has 0 atom stereocenters. The third-order valence-electron chi connectivity index (χ3n) is 1.67. The van der Waals surface area contributed by atoms with Crippen molar-refractivity contribution in [3.8, 4) is 0 Å². The van der Waals surface area contributed by atoms with Gasteiger partial charge in [0.05, 0.1) is 6.21 Å². The van der Waals surface area contributed by atoms with Crippen molar-refractivity contribution in [2.75, 3.05) is 20.1 Å². The van der Waals surface area contributed by atoms with Crippen LogP contribution in [0.5, 0.6) is 0 Å². The lowest BCUT2D eigenvalue weighted by molar-refractivity contribution is 0.320. The van der Waals surface area contributed by atoms with Crippen molar-refractivity contribution in [2.24, 2.45) is 5.16 Å². The van der Waals surface area contributed by atoms with Gasteiger partial charge in [-0.05, 0) is 19.0 Å². The van der Waals surface area contributed by atoms with Crippen molar-refractivity contribution in [1.29, 1.82) is 0 Å². The van der Waals surface area contributed by atoms with E-state index < -0.39 is 0 Å². The summed E-state index contributed by atoms with van der Waals surface area (Å²) in [6.07, 6.45) is 4.57. The maximum Gasteiger partial charge on any atom is 0.0691 e. The monoisotopic (exact) mass is 176 g/mol. The maximum absolute atomic E-state index is 8.20. The van der Waals surface area contributed by atoms with Crippen molar-refractivity contribution < 1.29 is 5.21 Å². The van der Waals surface area contributed by atoms with E-state index in [1.54, 1.807) is 0 Å². The van der Waals surface area contributed by atoms with Crippen molar-refractivity contribution in [2.45, 2.75) is 6.42 Å². The normalized spacial score (nSPS) is 19.5. The van der Waals surface area contributed by atoms with Gasteiger partial charge in [0.15, 0.2) is 0 Å². The van der Waals surface area contributed by atoms with Crippen LogP contribution >= 0.6 is 12.4 Å². The Labute approximate surface area is 72.8 Å². The molecule has 0 fully saturated rings. The molecule has 1 heterocycles. The molecule has 1 aliphatic heterocycles. The molecule has 11 heavy (non-hydrogen) atoms. The predicted octanol–water partition coefficient (Wildman–Crippen LogP) is 1.13. The Morgan fingerprint density at radius 1 is 1.73 bits per heavy atom. The molecule has 0 aromatic carbocycles. The van der Waals surface area contributed by atoms with E-state index >= 15 is 0 Å². The fourth-order valence-corrected chi connectivity index (χ4v) is 0.978. The molecule has 0 saturated carbocycles. The number of nitrogens with zero attached hydrogens (tertiary/aromatic N) is 2. The number of hydrogen-bond acceptors (Lipinski definition) is 3. The van der Waals surface area contributed by atoms with E-state index in [1.807, 2.05) is 0 Å². The number of oxime groups is 1. The first kappa shape index (κ1) is 10.5. The van der Waals surface area contributed by atoms with Gasteiger partial charge < -0.3 is 10.1 Å². The molecule has 0 aromatic heterocycles. The molecule has 0 unspecified atom stereocenters. The van der Waals surface area contributed by atoms with Crippen LogP contribution in [-0.4, -0.2) is 36.5 Å². The summed E-state index contributed by atoms with van der Waals surface area (Å²) in [6, 6.07) is 0. The third-order valence-corrected chi connectivity index (χ3v) is 1.67. The summed E-state index contributed by atoms with van der Waals surface area (Å²) in [7, 11) is 2.07. The van der Waals surface area contributed by atoms with Gasteiger partial charge in [-0.2, -0.15) is 0 Å². The van der Waals surface area contributed by atoms with Crippen LogP contribution in [0.25, 0.3) is 0 Å². The molecule has 0 aliphatic carbocycles. The van der Waals surface area contributed by atoms with Crippen LogP contribution in [-0.2, 0) is 0 Å². The zero-order valence-corrected chi connectivity index (χ0v) is 7.34. The quantitative estimate of drug-likeness (QED) is 0.370. The van der Waals surface area contributed by atoms with E-state index in [4.69, 9.17) is 5.21 Å². The zero-order chi connectivity index (χ0) is 7.40. The Morgan fingerprint density at radius 2 is 2.45 bits per heavy atom. The van der Waals surface area contributed by atoms with E-state index in [9.17, 15) is 0 Å². The van der Waals surface area contributed by atoms with Crippen LogP contribution in [0, 0.1) is 0 Å². The van der Waals surface area contributed by atoms with Crippen LogP contribution in [0.15, 0.2) is 16.8 Å². The van der Waals surface area contributed by atoms with Gasteiger partial charge in [-0.3, -0.25) is 0 Å². The fourth-order valence-electron chi connectivity index (χ4n) is 0.978. The molecule has 0 spiro atoms. The van der Waals surface area contributed by atoms with E-state index in [1.165, 1.54) is 6.21 Å². The van der Waals surface area contributed by atoms with Crippen molar-refractivity contribution in [3.63, 3.8) is 0 Å². The topological polar surface area (TPSA) is 35.8 Å². The second kappa shape index (κ2) is 5.16. The maximum atomic E-state index is 8.20. The van der Waals surface area contributed by atoms with Crippen LogP contribution < -0.4 is 0 Å². The second-order valence-electron chi connectivity index (χ2n) is 2.54. The summed E-state index contributed by atoms with van der Waals surface area (Å²) in [4.78, 5) is 2.22. The third kappa shape index (κ3) is 3.39. The molecule has 0 bridgehead atoms. The summed E-state index contributed by atoms with van der Waals surface area (Å²) < 4.78 is 0. The highest BCUT2D eigenvalue weighted by molar-refractivity contribution is 5.85. The Hall–Kier alpha value is -0.540. The lowest BCUT2D eigenvalue weighted by Crippen LogP contribution is -2.24. The minimum atomic E-state index is 0. The van der Waals surface area contributed by atoms with E-state index in [-0.39, 0.29) is 12.4 Å². The lowest BCUT2D eigenvalue weighted by atomic mass is 10.1. The van der Waals surface area contributed by atoms with Crippen molar-refractivity contribution in [3.05, 3.63) is 11.6 Å². The minimum absolute atomic E-state index is 0. The van der Waals surface area contributed by atoms with Crippen LogP contribution in [0.4, 0.5) is 0 Å². The van der Waals surface area contributed by atoms with Gasteiger partial charge in [0.2, 0.25) is 0 Å². The molecule has 1 aliphatic rings. The van der Waals surface area contributed by atoms with E-state index in [0.29, 0.717) is 0 Å². The summed E-state index contributed by atoms with van der Waals surface area (Å²) in [5, 5.41) is 11.2. The number of rotatable bonds is 1. The molecular formula is C7H13ClN2O. The highest BCUT2D eigenvalue weighted by atomic mass is 35.5. The van der Waals surface area contributed by atoms with Crippen molar-refractivity contribution in [1.82, 2.24) is 4.90 Å². The molecule has 0 saturated heterocycles. The van der Waals surface area contributed by atoms with Gasteiger partial charge >= 0.3 is 0 Å². The van der Waals surface area contributed by atoms with Gasteiger partial charge in [-0.25, -0.2) is 0 Å². The Kier molecular flexibility index (Phi) is 4.90. The largest absolute Gasteiger partial charge is 0.411 e. The molecule has 0 radical (unpaired) electrons. The molecule has 64 valence electrons. The average molecular weight is 177 g/mol. The smallest absolute Gasteiger partial charge is 0.0691 e. The number of halogens is 1. The van der Waals surface area contributed by atoms with Gasteiger partial charge in [0.1, 0.15) is 0 Å². The molecule has 1 rings (SSSR count). The first-order chi connectivity index (χ1) is 4.83. The van der Waals surface area contributed by atoms with E-state index in [0.717, 1.165) is 25.1 Å². The van der Waals surface area contributed by atoms with Gasteiger partial charge in [-0.15, -0.1) is 12.4 Å². The number of hydrogen-bond donors (Lipinski definition) is 1. The highest BCUT2D eigenvalue weighted by Crippen LogP contribution is 2.05. The van der Waals surface area contributed by atoms with Crippen LogP contribution in [0.3, 0.4) is 0 Å². The lowest BCUT2D eigenvalue weighted by Gasteiger charge is -2.19. The zero-order valence-electron chi connectivity index (χ0n) is 6.53. The summed E-state index contributed by atoms with van der Waals surface area (Å²) in [5.74, 6) is 0. The first-order valence-corrected chi connectivity index (χ1v) is 3.38. The van der Waals surface area contributed by atoms with Gasteiger partial charge in [0, 0.05) is 13.1 Å². The summed E-state index contributed by atoms with van der Waals surface area (Å²) in [5.41, 5.74) is 1.13. The Balaban J connectivity index is 0.000001000. The molecular weight excluding hydrogens is 164 g/mol. The molecule has 4 heteroatoms. The number of likely N-dealkylation sites (N-methyl/N-ethyl adjacent to an activating group) is 1. The highest BCUT2D eigenvalue weighted by Gasteiger charge is 2.04. The fraction of sp³-hybridized carbons (Fsp3) is 0.571. The summed E-state index contributed by atoms with van der Waals surface area (Å²) in [6.45, 7) is 2.01. The van der Waals surface area contributed by atoms with Crippen molar-refractivity contribution >= 4 is 18.6 Å². The molecule has 0 amide bonds. The predicted molar refractivity (Wildman–Crippen MR) is 47.7 cm³/mol. The first-order valence-electron chi connectivity index (χ1n) is 3.38. The standard InChI is InChI=1S/C7H12N2O.ClH/c1-9-4-2-7(3-5-9)6-8-10;/h2,6,10H,3-5H2,1H3;1H. The SMILES string of the molecule is CN1CC=C(C=NO)CC1.Cl. The van der Waals surface area contributed by atoms with Crippen LogP contribution in [0.2, 0.25) is 0 Å². The average Bonchev–Trinajstić information content (AvgIpc) is 1.95. The molecule has 3 nitrogen and oxygen atoms in total. The Bertz CT molecular complexity index is 168. The molecule has 0 aromatic rings.